The Kier molecular flexibility index (Phi) is 12.8. The molecule has 2 heterocycles. The lowest BCUT2D eigenvalue weighted by Crippen LogP contribution is -2.48. The van der Waals surface area contributed by atoms with Crippen molar-refractivity contribution in [2.45, 2.75) is 51.7 Å². The van der Waals surface area contributed by atoms with Gasteiger partial charge < -0.3 is 25.0 Å². The number of piperidine rings is 1. The summed E-state index contributed by atoms with van der Waals surface area (Å²) in [5.41, 5.74) is 0.643. The second kappa shape index (κ2) is 15.5. The summed E-state index contributed by atoms with van der Waals surface area (Å²) in [7, 11) is 0. The van der Waals surface area contributed by atoms with Gasteiger partial charge in [0.25, 0.3) is 5.91 Å². The minimum Gasteiger partial charge on any atom is -0.494 e. The molecule has 2 N–H and O–H groups in total. The minimum absolute atomic E-state index is 0.0131. The first-order valence-corrected chi connectivity index (χ1v) is 13.1. The van der Waals surface area contributed by atoms with Gasteiger partial charge in [-0.25, -0.2) is 4.79 Å². The van der Waals surface area contributed by atoms with Gasteiger partial charge in [-0.05, 0) is 57.5 Å². The van der Waals surface area contributed by atoms with Gasteiger partial charge in [0, 0.05) is 63.8 Å². The Morgan fingerprint density at radius 2 is 1.71 bits per heavy atom. The quantitative estimate of drug-likeness (QED) is 0.493. The van der Waals surface area contributed by atoms with E-state index < -0.39 is 12.1 Å². The predicted molar refractivity (Wildman–Crippen MR) is 136 cm³/mol. The molecule has 2 aliphatic heterocycles. The molecule has 2 fully saturated rings. The molecular weight excluding hydrogens is 505 g/mol. The molecule has 9 nitrogen and oxygen atoms in total. The monoisotopic (exact) mass is 544 g/mol. The van der Waals surface area contributed by atoms with Gasteiger partial charge in [-0.15, -0.1) is 0 Å². The molecule has 2 aliphatic rings. The third-order valence-electron chi connectivity index (χ3n) is 6.60. The largest absolute Gasteiger partial charge is 0.494 e. The van der Waals surface area contributed by atoms with E-state index in [0.717, 1.165) is 45.0 Å². The minimum atomic E-state index is -5.08. The SMILES string of the molecule is CCOc1ccc(C(=O)N(CCC(=O)N2CCNCC2)CCN2CCCCC2C)cc1.O=C(O)C(F)(F)F. The predicted octanol–water partition coefficient (Wildman–Crippen LogP) is 2.86. The molecule has 2 amide bonds. The highest BCUT2D eigenvalue weighted by Gasteiger charge is 2.38. The van der Waals surface area contributed by atoms with Crippen molar-refractivity contribution in [2.75, 3.05) is 59.0 Å². The van der Waals surface area contributed by atoms with Crippen LogP contribution in [-0.2, 0) is 9.59 Å². The van der Waals surface area contributed by atoms with Crippen molar-refractivity contribution < 1.29 is 37.4 Å². The normalized spacial score (nSPS) is 18.2. The van der Waals surface area contributed by atoms with Crippen molar-refractivity contribution in [2.24, 2.45) is 0 Å². The van der Waals surface area contributed by atoms with Crippen LogP contribution >= 0.6 is 0 Å². The fraction of sp³-hybridized carbons (Fsp3) is 0.654. The van der Waals surface area contributed by atoms with E-state index >= 15 is 0 Å². The lowest BCUT2D eigenvalue weighted by Gasteiger charge is -2.35. The first kappa shape index (κ1) is 31.4. The highest BCUT2D eigenvalue weighted by Crippen LogP contribution is 2.18. The molecule has 0 aliphatic carbocycles. The molecule has 0 saturated carbocycles. The smallest absolute Gasteiger partial charge is 0.490 e. The number of nitrogens with one attached hydrogen (secondary N) is 1. The van der Waals surface area contributed by atoms with Gasteiger partial charge in [0.1, 0.15) is 5.75 Å². The summed E-state index contributed by atoms with van der Waals surface area (Å²) >= 11 is 0. The van der Waals surface area contributed by atoms with Crippen LogP contribution in [0.3, 0.4) is 0 Å². The number of nitrogens with zero attached hydrogens (tertiary/aromatic N) is 3. The van der Waals surface area contributed by atoms with Crippen LogP contribution in [-0.4, -0.2) is 109 Å². The lowest BCUT2D eigenvalue weighted by molar-refractivity contribution is -0.192. The molecule has 1 aromatic carbocycles. The van der Waals surface area contributed by atoms with E-state index in [1.165, 1.54) is 19.3 Å². The molecule has 1 atom stereocenters. The van der Waals surface area contributed by atoms with E-state index in [-0.39, 0.29) is 11.8 Å². The van der Waals surface area contributed by atoms with Gasteiger partial charge in [-0.2, -0.15) is 13.2 Å². The molecule has 214 valence electrons. The fourth-order valence-electron chi connectivity index (χ4n) is 4.40. The number of aliphatic carboxylic acids is 1. The zero-order valence-electron chi connectivity index (χ0n) is 22.1. The summed E-state index contributed by atoms with van der Waals surface area (Å²) in [5.74, 6) is -1.87. The number of halogens is 3. The standard InChI is InChI=1S/C24H38N4O3.C2HF3O2/c1-3-31-22-9-7-21(8-10-22)24(30)28(19-18-26-14-5-4-6-20(26)2)15-11-23(29)27-16-12-25-13-17-27;3-2(4,5)1(6)7/h7-10,20,25H,3-6,11-19H2,1-2H3;(H,6,7). The van der Waals surface area contributed by atoms with Gasteiger partial charge in [-0.3, -0.25) is 14.5 Å². The fourth-order valence-corrected chi connectivity index (χ4v) is 4.40. The Labute approximate surface area is 221 Å². The van der Waals surface area contributed by atoms with Crippen molar-refractivity contribution in [1.29, 1.82) is 0 Å². The Balaban J connectivity index is 0.000000638. The van der Waals surface area contributed by atoms with E-state index in [9.17, 15) is 22.8 Å². The summed E-state index contributed by atoms with van der Waals surface area (Å²) in [5, 5.41) is 10.4. The molecule has 1 aromatic rings. The average Bonchev–Trinajstić information content (AvgIpc) is 2.90. The van der Waals surface area contributed by atoms with Crippen LogP contribution in [0.5, 0.6) is 5.75 Å². The molecule has 0 aromatic heterocycles. The van der Waals surface area contributed by atoms with Crippen molar-refractivity contribution in [3.8, 4) is 5.75 Å². The third kappa shape index (κ3) is 10.5. The van der Waals surface area contributed by atoms with Crippen LogP contribution < -0.4 is 10.1 Å². The van der Waals surface area contributed by atoms with Crippen molar-refractivity contribution in [3.63, 3.8) is 0 Å². The Hall–Kier alpha value is -2.86. The van der Waals surface area contributed by atoms with E-state index in [1.54, 1.807) is 0 Å². The number of likely N-dealkylation sites (tertiary alicyclic amines) is 1. The highest BCUT2D eigenvalue weighted by atomic mass is 19.4. The number of rotatable bonds is 9. The summed E-state index contributed by atoms with van der Waals surface area (Å²) in [6.45, 7) is 11.0. The molecule has 2 saturated heterocycles. The maximum atomic E-state index is 13.3. The van der Waals surface area contributed by atoms with Gasteiger partial charge >= 0.3 is 12.1 Å². The molecular formula is C26H39F3N4O5. The number of carbonyl (C=O) groups is 3. The molecule has 0 radical (unpaired) electrons. The second-order valence-electron chi connectivity index (χ2n) is 9.31. The van der Waals surface area contributed by atoms with E-state index in [1.807, 2.05) is 41.0 Å². The molecule has 1 unspecified atom stereocenters. The number of carboxylic acid groups (broad SMARTS) is 1. The number of benzene rings is 1. The zero-order valence-corrected chi connectivity index (χ0v) is 22.1. The number of amides is 2. The van der Waals surface area contributed by atoms with Gasteiger partial charge in [0.15, 0.2) is 0 Å². The number of ether oxygens (including phenoxy) is 1. The number of alkyl halides is 3. The van der Waals surface area contributed by atoms with E-state index in [0.29, 0.717) is 37.7 Å². The van der Waals surface area contributed by atoms with Gasteiger partial charge in [-0.1, -0.05) is 6.42 Å². The maximum Gasteiger partial charge on any atom is 0.490 e. The summed E-state index contributed by atoms with van der Waals surface area (Å²) in [6.07, 6.45) is -0.989. The summed E-state index contributed by atoms with van der Waals surface area (Å²) in [4.78, 5) is 41.1. The Morgan fingerprint density at radius 3 is 2.26 bits per heavy atom. The van der Waals surface area contributed by atoms with Crippen LogP contribution in [0.15, 0.2) is 24.3 Å². The van der Waals surface area contributed by atoms with Crippen molar-refractivity contribution in [3.05, 3.63) is 29.8 Å². The van der Waals surface area contributed by atoms with Crippen LogP contribution in [0.4, 0.5) is 13.2 Å². The number of carboxylic acids is 1. The Morgan fingerprint density at radius 1 is 1.08 bits per heavy atom. The number of carbonyl (C=O) groups excluding carboxylic acids is 2. The van der Waals surface area contributed by atoms with E-state index in [2.05, 4.69) is 17.1 Å². The molecule has 0 spiro atoms. The molecule has 12 heteroatoms. The summed E-state index contributed by atoms with van der Waals surface area (Å²) < 4.78 is 37.2. The van der Waals surface area contributed by atoms with Crippen LogP contribution in [0.25, 0.3) is 0 Å². The highest BCUT2D eigenvalue weighted by molar-refractivity contribution is 5.94. The van der Waals surface area contributed by atoms with Crippen molar-refractivity contribution in [1.82, 2.24) is 20.0 Å². The number of piperazine rings is 1. The number of hydrogen-bond acceptors (Lipinski definition) is 6. The first-order chi connectivity index (χ1) is 18.0. The van der Waals surface area contributed by atoms with Crippen LogP contribution in [0, 0.1) is 0 Å². The van der Waals surface area contributed by atoms with E-state index in [4.69, 9.17) is 14.6 Å². The molecule has 38 heavy (non-hydrogen) atoms. The molecule has 3 rings (SSSR count). The van der Waals surface area contributed by atoms with Crippen molar-refractivity contribution >= 4 is 17.8 Å². The molecule has 0 bridgehead atoms. The average molecular weight is 545 g/mol. The van der Waals surface area contributed by atoms with Crippen LogP contribution in [0.2, 0.25) is 0 Å². The first-order valence-electron chi connectivity index (χ1n) is 13.1. The Bertz CT molecular complexity index is 892. The lowest BCUT2D eigenvalue weighted by atomic mass is 10.0. The topological polar surface area (TPSA) is 102 Å². The number of hydrogen-bond donors (Lipinski definition) is 2. The van der Waals surface area contributed by atoms with Gasteiger partial charge in [0.2, 0.25) is 5.91 Å². The van der Waals surface area contributed by atoms with Crippen LogP contribution in [0.1, 0.15) is 49.9 Å². The zero-order chi connectivity index (χ0) is 28.1. The maximum absolute atomic E-state index is 13.3. The third-order valence-corrected chi connectivity index (χ3v) is 6.60. The summed E-state index contributed by atoms with van der Waals surface area (Å²) in [6, 6.07) is 7.88. The van der Waals surface area contributed by atoms with Gasteiger partial charge in [0.05, 0.1) is 6.61 Å². The second-order valence-corrected chi connectivity index (χ2v) is 9.31.